The number of para-hydroxylation sites is 1. The summed E-state index contributed by atoms with van der Waals surface area (Å²) in [6, 6.07) is 13.4. The molecule has 3 amide bonds. The minimum atomic E-state index is -0.446. The lowest BCUT2D eigenvalue weighted by Gasteiger charge is -2.18. The third kappa shape index (κ3) is 5.09. The van der Waals surface area contributed by atoms with Gasteiger partial charge in [0.2, 0.25) is 5.91 Å². The normalized spacial score (nSPS) is 20.8. The Balaban J connectivity index is 1.34. The number of amides is 3. The van der Waals surface area contributed by atoms with Gasteiger partial charge in [0.15, 0.2) is 0 Å². The Hall–Kier alpha value is -3.54. The number of ether oxygens (including phenoxy) is 2. The lowest BCUT2D eigenvalue weighted by molar-refractivity contribution is -0.123. The van der Waals surface area contributed by atoms with Crippen LogP contribution in [0, 0.1) is 0 Å². The number of nitrogens with one attached hydrogen (secondary N) is 1. The van der Waals surface area contributed by atoms with Crippen molar-refractivity contribution in [1.29, 1.82) is 0 Å². The van der Waals surface area contributed by atoms with Gasteiger partial charge in [0.25, 0.3) is 11.8 Å². The fourth-order valence-electron chi connectivity index (χ4n) is 4.60. The van der Waals surface area contributed by atoms with Crippen molar-refractivity contribution in [3.8, 4) is 0 Å². The summed E-state index contributed by atoms with van der Waals surface area (Å²) in [4.78, 5) is 54.8. The zero-order valence-corrected chi connectivity index (χ0v) is 22.2. The number of hydrogen-bond acceptors (Lipinski definition) is 8. The maximum Gasteiger partial charge on any atom is 0.338 e. The van der Waals surface area contributed by atoms with Crippen molar-refractivity contribution >= 4 is 68.9 Å². The van der Waals surface area contributed by atoms with Gasteiger partial charge < -0.3 is 14.8 Å². The molecule has 2 aromatic carbocycles. The number of fused-ring (bicyclic) bond motifs is 1. The molecule has 11 heteroatoms. The number of thioether (sulfide) groups is 1. The summed E-state index contributed by atoms with van der Waals surface area (Å²) in [5.41, 5.74) is 2.22. The van der Waals surface area contributed by atoms with Gasteiger partial charge in [-0.05, 0) is 50.1 Å². The minimum absolute atomic E-state index is 0.0695. The van der Waals surface area contributed by atoms with Crippen LogP contribution < -0.4 is 10.2 Å². The molecule has 3 heterocycles. The molecular weight excluding hydrogens is 526 g/mol. The molecule has 5 rings (SSSR count). The van der Waals surface area contributed by atoms with E-state index in [-0.39, 0.29) is 35.6 Å². The molecule has 3 aliphatic heterocycles. The van der Waals surface area contributed by atoms with Crippen LogP contribution in [0.25, 0.3) is 5.57 Å². The molecular formula is C27H25N3O6S2. The molecule has 0 unspecified atom stereocenters. The zero-order chi connectivity index (χ0) is 26.8. The van der Waals surface area contributed by atoms with Gasteiger partial charge in [-0.1, -0.05) is 42.2 Å². The molecule has 0 bridgehead atoms. The third-order valence-corrected chi connectivity index (χ3v) is 7.84. The molecule has 1 atom stereocenters. The quantitative estimate of drug-likeness (QED) is 0.316. The van der Waals surface area contributed by atoms with Gasteiger partial charge in [-0.3, -0.25) is 24.2 Å². The highest BCUT2D eigenvalue weighted by atomic mass is 32.2. The van der Waals surface area contributed by atoms with Gasteiger partial charge in [-0.15, -0.1) is 0 Å². The van der Waals surface area contributed by atoms with Gasteiger partial charge >= 0.3 is 5.97 Å². The summed E-state index contributed by atoms with van der Waals surface area (Å²) >= 11 is 6.58. The lowest BCUT2D eigenvalue weighted by Crippen LogP contribution is -2.36. The van der Waals surface area contributed by atoms with Crippen molar-refractivity contribution in [3.63, 3.8) is 0 Å². The molecule has 2 saturated heterocycles. The van der Waals surface area contributed by atoms with E-state index in [1.54, 1.807) is 55.5 Å². The first-order valence-electron chi connectivity index (χ1n) is 12.2. The highest BCUT2D eigenvalue weighted by Gasteiger charge is 2.43. The van der Waals surface area contributed by atoms with Crippen LogP contribution in [0.2, 0.25) is 0 Å². The number of benzene rings is 2. The molecule has 0 radical (unpaired) electrons. The summed E-state index contributed by atoms with van der Waals surface area (Å²) in [7, 11) is 0. The minimum Gasteiger partial charge on any atom is -0.462 e. The van der Waals surface area contributed by atoms with Gasteiger partial charge in [-0.25, -0.2) is 4.79 Å². The maximum absolute atomic E-state index is 13.6. The summed E-state index contributed by atoms with van der Waals surface area (Å²) in [6.45, 7) is 2.76. The van der Waals surface area contributed by atoms with Gasteiger partial charge in [0, 0.05) is 17.9 Å². The topological polar surface area (TPSA) is 105 Å². The van der Waals surface area contributed by atoms with Crippen LogP contribution >= 0.6 is 24.0 Å². The largest absolute Gasteiger partial charge is 0.462 e. The van der Waals surface area contributed by atoms with E-state index < -0.39 is 17.8 Å². The molecule has 38 heavy (non-hydrogen) atoms. The lowest BCUT2D eigenvalue weighted by atomic mass is 10.1. The third-order valence-electron chi connectivity index (χ3n) is 6.39. The van der Waals surface area contributed by atoms with Crippen molar-refractivity contribution in [2.45, 2.75) is 25.9 Å². The average Bonchev–Trinajstić information content (AvgIpc) is 3.59. The van der Waals surface area contributed by atoms with E-state index in [2.05, 4.69) is 5.32 Å². The van der Waals surface area contributed by atoms with E-state index in [0.717, 1.165) is 24.6 Å². The monoisotopic (exact) mass is 551 g/mol. The number of esters is 1. The zero-order valence-electron chi connectivity index (χ0n) is 20.6. The van der Waals surface area contributed by atoms with Crippen LogP contribution in [0.1, 0.15) is 35.7 Å². The molecule has 3 aliphatic rings. The highest BCUT2D eigenvalue weighted by Crippen LogP contribution is 2.44. The fraction of sp³-hybridized carbons (Fsp3) is 0.296. The number of nitrogens with zero attached hydrogens (tertiary/aromatic N) is 2. The number of anilines is 2. The Labute approximate surface area is 229 Å². The number of rotatable bonds is 7. The van der Waals surface area contributed by atoms with Crippen molar-refractivity contribution in [3.05, 3.63) is 64.6 Å². The molecule has 0 aliphatic carbocycles. The Bertz CT molecular complexity index is 1350. The van der Waals surface area contributed by atoms with E-state index in [4.69, 9.17) is 21.7 Å². The average molecular weight is 552 g/mol. The predicted octanol–water partition coefficient (Wildman–Crippen LogP) is 3.60. The summed E-state index contributed by atoms with van der Waals surface area (Å²) in [6.07, 6.45) is 1.73. The van der Waals surface area contributed by atoms with E-state index >= 15 is 0 Å². The molecule has 1 N–H and O–H groups in total. The number of hydrogen-bond donors (Lipinski definition) is 1. The fourth-order valence-corrected chi connectivity index (χ4v) is 5.95. The molecule has 0 spiro atoms. The van der Waals surface area contributed by atoms with Gasteiger partial charge in [-0.2, -0.15) is 0 Å². The van der Waals surface area contributed by atoms with Gasteiger partial charge in [0.05, 0.1) is 41.0 Å². The second-order valence-corrected chi connectivity index (χ2v) is 10.5. The Kier molecular flexibility index (Phi) is 7.59. The standard InChI is InChI=1S/C27H25N3O6S2/c1-2-35-26(34)16-9-11-17(12-10-16)28-21(31)15-29-20-8-4-3-7-19(20)22(24(29)32)23-25(33)30(27(37)38-23)14-18-6-5-13-36-18/h3-4,7-12,18H,2,5-6,13-15H2,1H3,(H,28,31)/b23-22-/t18-/m1/s1. The van der Waals surface area contributed by atoms with Crippen LogP contribution in [-0.2, 0) is 23.9 Å². The SMILES string of the molecule is CCOC(=O)c1ccc(NC(=O)CN2C(=O)/C(=C3\SC(=S)N(C[C@H]4CCCO4)C3=O)c3ccccc32)cc1. The molecule has 2 fully saturated rings. The van der Waals surface area contributed by atoms with Gasteiger partial charge in [0.1, 0.15) is 10.9 Å². The molecule has 0 aromatic heterocycles. The van der Waals surface area contributed by atoms with Crippen LogP contribution in [0.15, 0.2) is 53.4 Å². The van der Waals surface area contributed by atoms with E-state index in [1.807, 2.05) is 0 Å². The summed E-state index contributed by atoms with van der Waals surface area (Å²) in [5, 5.41) is 2.75. The van der Waals surface area contributed by atoms with E-state index in [1.165, 1.54) is 9.80 Å². The Morgan fingerprint density at radius 1 is 1.11 bits per heavy atom. The van der Waals surface area contributed by atoms with Crippen LogP contribution in [0.3, 0.4) is 0 Å². The Morgan fingerprint density at radius 2 is 1.87 bits per heavy atom. The van der Waals surface area contributed by atoms with Crippen LogP contribution in [0.5, 0.6) is 0 Å². The highest BCUT2D eigenvalue weighted by molar-refractivity contribution is 8.26. The Morgan fingerprint density at radius 3 is 2.58 bits per heavy atom. The first-order valence-corrected chi connectivity index (χ1v) is 13.5. The smallest absolute Gasteiger partial charge is 0.338 e. The van der Waals surface area contributed by atoms with Crippen LogP contribution in [-0.4, -0.2) is 65.3 Å². The van der Waals surface area contributed by atoms with Crippen molar-refractivity contribution in [2.24, 2.45) is 0 Å². The first kappa shape index (κ1) is 26.1. The van der Waals surface area contributed by atoms with Crippen molar-refractivity contribution in [2.75, 3.05) is 36.5 Å². The second kappa shape index (κ2) is 11.1. The number of carbonyl (C=O) groups is 4. The summed E-state index contributed by atoms with van der Waals surface area (Å²) in [5.74, 6) is -1.62. The van der Waals surface area contributed by atoms with Crippen molar-refractivity contribution in [1.82, 2.24) is 4.90 Å². The molecule has 196 valence electrons. The molecule has 2 aromatic rings. The second-order valence-electron chi connectivity index (χ2n) is 8.88. The number of thiocarbonyl (C=S) groups is 1. The van der Waals surface area contributed by atoms with E-state index in [9.17, 15) is 19.2 Å². The first-order chi connectivity index (χ1) is 18.4. The molecule has 9 nitrogen and oxygen atoms in total. The van der Waals surface area contributed by atoms with Crippen LogP contribution in [0.4, 0.5) is 11.4 Å². The molecule has 0 saturated carbocycles. The predicted molar refractivity (Wildman–Crippen MR) is 148 cm³/mol. The van der Waals surface area contributed by atoms with Crippen molar-refractivity contribution < 1.29 is 28.7 Å². The maximum atomic E-state index is 13.6. The number of carbonyl (C=O) groups excluding carboxylic acids is 4. The summed E-state index contributed by atoms with van der Waals surface area (Å²) < 4.78 is 11.0. The van der Waals surface area contributed by atoms with E-state index in [0.29, 0.717) is 40.0 Å².